The van der Waals surface area contributed by atoms with Crippen LogP contribution in [-0.4, -0.2) is 41.7 Å². The predicted octanol–water partition coefficient (Wildman–Crippen LogP) is 5.24. The van der Waals surface area contributed by atoms with E-state index in [1.165, 1.54) is 22.5 Å². The number of ether oxygens (including phenoxy) is 1. The molecule has 0 fully saturated rings. The normalized spacial score (nSPS) is 13.8. The summed E-state index contributed by atoms with van der Waals surface area (Å²) in [5.74, 6) is 0.342. The van der Waals surface area contributed by atoms with Crippen LogP contribution >= 0.6 is 11.5 Å². The third-order valence-corrected chi connectivity index (χ3v) is 6.16. The number of pyridine rings is 1. The van der Waals surface area contributed by atoms with Gasteiger partial charge in [0.05, 0.1) is 17.7 Å². The average molecular weight is 495 g/mol. The summed E-state index contributed by atoms with van der Waals surface area (Å²) in [5.41, 5.74) is 10.0. The van der Waals surface area contributed by atoms with Crippen molar-refractivity contribution in [2.24, 2.45) is 4.99 Å². The summed E-state index contributed by atoms with van der Waals surface area (Å²) in [6.07, 6.45) is -1.01. The van der Waals surface area contributed by atoms with Gasteiger partial charge in [-0.15, -0.1) is 0 Å². The van der Waals surface area contributed by atoms with Crippen molar-refractivity contribution < 1.29 is 18.3 Å². The number of aliphatic imine (C=N–C) groups is 1. The lowest BCUT2D eigenvalue weighted by molar-refractivity contribution is 0.0796. The van der Waals surface area contributed by atoms with Gasteiger partial charge in [0.1, 0.15) is 5.82 Å². The fraction of sp³-hybridized carbons (Fsp3) is 0.167. The highest BCUT2D eigenvalue weighted by Gasteiger charge is 2.34. The van der Waals surface area contributed by atoms with E-state index in [0.717, 1.165) is 16.5 Å². The van der Waals surface area contributed by atoms with Crippen molar-refractivity contribution in [2.75, 3.05) is 29.2 Å². The highest BCUT2D eigenvalue weighted by Crippen LogP contribution is 2.38. The van der Waals surface area contributed by atoms with Gasteiger partial charge in [0.15, 0.2) is 6.61 Å². The van der Waals surface area contributed by atoms with Crippen molar-refractivity contribution in [1.82, 2.24) is 9.36 Å². The minimum atomic E-state index is -2.64. The highest BCUT2D eigenvalue weighted by atomic mass is 32.1. The van der Waals surface area contributed by atoms with E-state index in [1.54, 1.807) is 48.5 Å². The van der Waals surface area contributed by atoms with Crippen LogP contribution in [0.2, 0.25) is 0 Å². The van der Waals surface area contributed by atoms with E-state index in [4.69, 9.17) is 10.5 Å². The predicted molar refractivity (Wildman–Crippen MR) is 133 cm³/mol. The van der Waals surface area contributed by atoms with Gasteiger partial charge in [0.25, 0.3) is 6.43 Å². The van der Waals surface area contributed by atoms with E-state index in [1.807, 2.05) is 17.5 Å². The number of nitrogens with zero attached hydrogens (tertiary/aromatic N) is 5. The Hall–Kier alpha value is -4.12. The molecule has 0 atom stereocenters. The number of carbonyl (C=O) groups is 1. The second-order valence-electron chi connectivity index (χ2n) is 7.80. The molecule has 0 saturated carbocycles. The molecule has 2 amide bonds. The van der Waals surface area contributed by atoms with Crippen molar-refractivity contribution >= 4 is 57.6 Å². The smallest absolute Gasteiger partial charge is 0.335 e. The first-order chi connectivity index (χ1) is 16.9. The van der Waals surface area contributed by atoms with Crippen LogP contribution in [0.3, 0.4) is 0 Å². The molecule has 4 aromatic rings. The molecule has 0 radical (unpaired) electrons. The number of urea groups is 1. The Morgan fingerprint density at radius 1 is 1.20 bits per heavy atom. The number of nitrogens with two attached hydrogens (primary N) is 1. The third kappa shape index (κ3) is 4.37. The lowest BCUT2D eigenvalue weighted by Gasteiger charge is -2.36. The number of fused-ring (bicyclic) bond motifs is 2. The van der Waals surface area contributed by atoms with Gasteiger partial charge in [-0.3, -0.25) is 9.89 Å². The molecule has 0 saturated heterocycles. The summed E-state index contributed by atoms with van der Waals surface area (Å²) in [6, 6.07) is 13.6. The fourth-order valence-corrected chi connectivity index (χ4v) is 4.50. The molecule has 35 heavy (non-hydrogen) atoms. The second kappa shape index (κ2) is 9.26. The second-order valence-corrected chi connectivity index (χ2v) is 8.43. The topological polar surface area (TPSA) is 96.9 Å². The van der Waals surface area contributed by atoms with Crippen molar-refractivity contribution in [3.63, 3.8) is 0 Å². The number of carbonyl (C=O) groups excluding carboxylic acids is 1. The monoisotopic (exact) mass is 494 g/mol. The van der Waals surface area contributed by atoms with Crippen molar-refractivity contribution in [1.29, 1.82) is 0 Å². The summed E-state index contributed by atoms with van der Waals surface area (Å²) in [7, 11) is 1.64. The van der Waals surface area contributed by atoms with E-state index in [0.29, 0.717) is 28.4 Å². The molecule has 5 rings (SSSR count). The number of nitrogen functional groups attached to an aromatic ring is 1. The van der Waals surface area contributed by atoms with Crippen LogP contribution in [0.4, 0.5) is 36.5 Å². The van der Waals surface area contributed by atoms with Crippen LogP contribution < -0.4 is 20.3 Å². The molecule has 2 N–H and O–H groups in total. The number of rotatable bonds is 6. The van der Waals surface area contributed by atoms with Gasteiger partial charge in [-0.05, 0) is 54.0 Å². The molecule has 0 aliphatic carbocycles. The third-order valence-electron chi connectivity index (χ3n) is 5.50. The Balaban J connectivity index is 1.62. The first kappa shape index (κ1) is 22.7. The summed E-state index contributed by atoms with van der Waals surface area (Å²) in [4.78, 5) is 25.4. The molecule has 2 aromatic carbocycles. The molecule has 1 aliphatic heterocycles. The zero-order chi connectivity index (χ0) is 24.5. The molecule has 1 aliphatic rings. The van der Waals surface area contributed by atoms with E-state index in [2.05, 4.69) is 14.3 Å². The average Bonchev–Trinajstić information content (AvgIpc) is 3.32. The Bertz CT molecular complexity index is 1440. The fourth-order valence-electron chi connectivity index (χ4n) is 3.87. The summed E-state index contributed by atoms with van der Waals surface area (Å²) >= 11 is 1.32. The van der Waals surface area contributed by atoms with Gasteiger partial charge in [0, 0.05) is 52.6 Å². The maximum atomic E-state index is 13.9. The number of hydrogen-bond acceptors (Lipinski definition) is 7. The van der Waals surface area contributed by atoms with Gasteiger partial charge in [0.2, 0.25) is 5.88 Å². The maximum absolute atomic E-state index is 13.9. The maximum Gasteiger partial charge on any atom is 0.335 e. The molecule has 0 spiro atoms. The van der Waals surface area contributed by atoms with Crippen molar-refractivity contribution in [3.05, 3.63) is 65.0 Å². The Morgan fingerprint density at radius 3 is 2.83 bits per heavy atom. The number of anilines is 4. The van der Waals surface area contributed by atoms with Crippen LogP contribution in [0.5, 0.6) is 5.88 Å². The van der Waals surface area contributed by atoms with Crippen LogP contribution in [0.25, 0.3) is 10.9 Å². The lowest BCUT2D eigenvalue weighted by atomic mass is 10.1. The number of alkyl halides is 2. The largest absolute Gasteiger partial charge is 0.472 e. The molecule has 2 aromatic heterocycles. The van der Waals surface area contributed by atoms with E-state index < -0.39 is 13.0 Å². The molecule has 0 unspecified atom stereocenters. The van der Waals surface area contributed by atoms with Crippen molar-refractivity contribution in [2.45, 2.75) is 13.0 Å². The summed E-state index contributed by atoms with van der Waals surface area (Å²) in [6.45, 7) is -0.562. The van der Waals surface area contributed by atoms with E-state index >= 15 is 0 Å². The van der Waals surface area contributed by atoms with E-state index in [-0.39, 0.29) is 18.5 Å². The van der Waals surface area contributed by atoms with Gasteiger partial charge < -0.3 is 10.5 Å². The van der Waals surface area contributed by atoms with Gasteiger partial charge in [-0.25, -0.2) is 18.5 Å². The minimum Gasteiger partial charge on any atom is -0.472 e. The Kier molecular flexibility index (Phi) is 6.00. The number of amides is 2. The van der Waals surface area contributed by atoms with Crippen molar-refractivity contribution in [3.8, 4) is 5.88 Å². The highest BCUT2D eigenvalue weighted by molar-refractivity contribution is 7.04. The number of aromatic nitrogens is 2. The molecular weight excluding hydrogens is 474 g/mol. The Morgan fingerprint density at radius 2 is 2.03 bits per heavy atom. The molecule has 11 heteroatoms. The molecule has 0 bridgehead atoms. The van der Waals surface area contributed by atoms with Gasteiger partial charge in [-0.1, -0.05) is 0 Å². The molecule has 178 valence electrons. The Labute approximate surface area is 203 Å². The number of halogens is 2. The van der Waals surface area contributed by atoms with Crippen LogP contribution in [0, 0.1) is 0 Å². The standard InChI is InChI=1S/C24H20F2N6O2S/c1-28-10-15-8-17(3-5-19(15)27)31-11-14-2-7-22(34-12-21(25)26)29-23(14)32(24(31)33)18-4-6-20-16(9-18)13-35-30-20/h2-10,13,21H,11-12,27H2,1H3. The zero-order valence-corrected chi connectivity index (χ0v) is 19.4. The summed E-state index contributed by atoms with van der Waals surface area (Å²) < 4.78 is 34.8. The number of hydrogen-bond donors (Lipinski definition) is 1. The SMILES string of the molecule is CN=Cc1cc(N2Cc3ccc(OCC(F)F)nc3N(c3ccc4nscc4c3)C2=O)ccc1N. The van der Waals surface area contributed by atoms with Gasteiger partial charge in [-0.2, -0.15) is 9.36 Å². The molecule has 3 heterocycles. The van der Waals surface area contributed by atoms with E-state index in [9.17, 15) is 13.6 Å². The van der Waals surface area contributed by atoms with Crippen LogP contribution in [0.1, 0.15) is 11.1 Å². The number of benzene rings is 2. The first-order valence-electron chi connectivity index (χ1n) is 10.6. The lowest BCUT2D eigenvalue weighted by Crippen LogP contribution is -2.45. The van der Waals surface area contributed by atoms with Gasteiger partial charge >= 0.3 is 6.03 Å². The van der Waals surface area contributed by atoms with Crippen LogP contribution in [0.15, 0.2) is 58.9 Å². The molecule has 8 nitrogen and oxygen atoms in total. The minimum absolute atomic E-state index is 0.0162. The summed E-state index contributed by atoms with van der Waals surface area (Å²) in [5, 5.41) is 2.76. The van der Waals surface area contributed by atoms with Crippen LogP contribution in [-0.2, 0) is 6.54 Å². The first-order valence-corrected chi connectivity index (χ1v) is 11.5. The molecular formula is C24H20F2N6O2S. The zero-order valence-electron chi connectivity index (χ0n) is 18.6. The quantitative estimate of drug-likeness (QED) is 0.292.